The van der Waals surface area contributed by atoms with Gasteiger partial charge in [0.15, 0.2) is 0 Å². The van der Waals surface area contributed by atoms with E-state index in [4.69, 9.17) is 15.0 Å². The Labute approximate surface area is 84.0 Å². The summed E-state index contributed by atoms with van der Waals surface area (Å²) in [6, 6.07) is 0. The molecular weight excluding hydrogens is 182 g/mol. The van der Waals surface area contributed by atoms with Gasteiger partial charge in [0.1, 0.15) is 0 Å². The van der Waals surface area contributed by atoms with Crippen molar-refractivity contribution in [2.75, 3.05) is 26.9 Å². The molecule has 0 aromatic rings. The lowest BCUT2D eigenvalue weighted by molar-refractivity contribution is -0.118. The fourth-order valence-electron chi connectivity index (χ4n) is 1.85. The lowest BCUT2D eigenvalue weighted by atomic mass is 9.91. The highest BCUT2D eigenvalue weighted by molar-refractivity contribution is 4.84. The van der Waals surface area contributed by atoms with Gasteiger partial charge < -0.3 is 9.47 Å². The Morgan fingerprint density at radius 3 is 3.00 bits per heavy atom. The molecule has 5 heteroatoms. The highest BCUT2D eigenvalue weighted by Gasteiger charge is 2.32. The molecule has 0 aromatic carbocycles. The van der Waals surface area contributed by atoms with Crippen LogP contribution in [0, 0.1) is 0 Å². The molecule has 0 radical (unpaired) electrons. The van der Waals surface area contributed by atoms with Gasteiger partial charge in [0.25, 0.3) is 0 Å². The standard InChI is InChI=1S/C9H17N3O2/c1-13-8-9(5-6-11-12-10)4-2-3-7-14-9/h2-8H2,1H3. The summed E-state index contributed by atoms with van der Waals surface area (Å²) >= 11 is 0. The second-order valence-corrected chi connectivity index (χ2v) is 3.63. The van der Waals surface area contributed by atoms with Crippen LogP contribution in [0.25, 0.3) is 10.4 Å². The lowest BCUT2D eigenvalue weighted by Gasteiger charge is -2.36. The second kappa shape index (κ2) is 5.86. The van der Waals surface area contributed by atoms with Gasteiger partial charge in [0, 0.05) is 25.2 Å². The quantitative estimate of drug-likeness (QED) is 0.387. The van der Waals surface area contributed by atoms with Crippen LogP contribution in [0.4, 0.5) is 0 Å². The summed E-state index contributed by atoms with van der Waals surface area (Å²) in [5, 5.41) is 3.54. The zero-order chi connectivity index (χ0) is 10.3. The third-order valence-electron chi connectivity index (χ3n) is 2.57. The van der Waals surface area contributed by atoms with Crippen LogP contribution in [-0.4, -0.2) is 32.5 Å². The smallest absolute Gasteiger partial charge is 0.0916 e. The van der Waals surface area contributed by atoms with Gasteiger partial charge in [0.05, 0.1) is 12.2 Å². The van der Waals surface area contributed by atoms with Crippen molar-refractivity contribution in [1.29, 1.82) is 0 Å². The number of rotatable bonds is 5. The van der Waals surface area contributed by atoms with Gasteiger partial charge >= 0.3 is 0 Å². The minimum Gasteiger partial charge on any atom is -0.382 e. The highest BCUT2D eigenvalue weighted by atomic mass is 16.5. The van der Waals surface area contributed by atoms with E-state index < -0.39 is 0 Å². The molecule has 0 aromatic heterocycles. The van der Waals surface area contributed by atoms with E-state index >= 15 is 0 Å². The van der Waals surface area contributed by atoms with Crippen molar-refractivity contribution >= 4 is 0 Å². The van der Waals surface area contributed by atoms with Gasteiger partial charge in [-0.05, 0) is 31.2 Å². The van der Waals surface area contributed by atoms with Crippen LogP contribution in [0.2, 0.25) is 0 Å². The van der Waals surface area contributed by atoms with E-state index in [1.54, 1.807) is 7.11 Å². The summed E-state index contributed by atoms with van der Waals surface area (Å²) in [7, 11) is 1.67. The molecule has 0 N–H and O–H groups in total. The number of methoxy groups -OCH3 is 1. The van der Waals surface area contributed by atoms with Crippen molar-refractivity contribution in [3.63, 3.8) is 0 Å². The Kier molecular flexibility index (Phi) is 4.73. The first-order valence-corrected chi connectivity index (χ1v) is 4.97. The molecule has 1 heterocycles. The molecule has 80 valence electrons. The van der Waals surface area contributed by atoms with Crippen molar-refractivity contribution < 1.29 is 9.47 Å². The number of azide groups is 1. The number of nitrogens with zero attached hydrogens (tertiary/aromatic N) is 3. The molecule has 5 nitrogen and oxygen atoms in total. The molecule has 0 amide bonds. The van der Waals surface area contributed by atoms with Gasteiger partial charge in [-0.2, -0.15) is 0 Å². The molecule has 1 rings (SSSR count). The Hall–Kier alpha value is -0.770. The van der Waals surface area contributed by atoms with Crippen molar-refractivity contribution in [1.82, 2.24) is 0 Å². The first kappa shape index (κ1) is 11.3. The lowest BCUT2D eigenvalue weighted by Crippen LogP contribution is -2.41. The fraction of sp³-hybridized carbons (Fsp3) is 1.00. The molecule has 14 heavy (non-hydrogen) atoms. The van der Waals surface area contributed by atoms with Crippen molar-refractivity contribution in [3.05, 3.63) is 10.4 Å². The van der Waals surface area contributed by atoms with E-state index in [1.807, 2.05) is 0 Å². The Morgan fingerprint density at radius 1 is 1.57 bits per heavy atom. The maximum Gasteiger partial charge on any atom is 0.0916 e. The monoisotopic (exact) mass is 199 g/mol. The molecular formula is C9H17N3O2. The third kappa shape index (κ3) is 3.18. The predicted octanol–water partition coefficient (Wildman–Crippen LogP) is 2.27. The summed E-state index contributed by atoms with van der Waals surface area (Å²) in [5.41, 5.74) is 7.99. The average molecular weight is 199 g/mol. The summed E-state index contributed by atoms with van der Waals surface area (Å²) in [4.78, 5) is 2.74. The van der Waals surface area contributed by atoms with E-state index in [0.717, 1.165) is 25.9 Å². The van der Waals surface area contributed by atoms with Crippen LogP contribution >= 0.6 is 0 Å². The molecule has 1 fully saturated rings. The van der Waals surface area contributed by atoms with Crippen LogP contribution in [0.1, 0.15) is 25.7 Å². The molecule has 0 saturated carbocycles. The molecule has 1 aliphatic heterocycles. The SMILES string of the molecule is COCC1(CCN=[N+]=[N-])CCCCO1. The molecule has 1 saturated heterocycles. The summed E-state index contributed by atoms with van der Waals surface area (Å²) in [6.45, 7) is 1.87. The first-order chi connectivity index (χ1) is 6.83. The summed E-state index contributed by atoms with van der Waals surface area (Å²) < 4.78 is 10.9. The van der Waals surface area contributed by atoms with E-state index in [-0.39, 0.29) is 5.60 Å². The maximum atomic E-state index is 8.20. The van der Waals surface area contributed by atoms with Crippen LogP contribution in [0.15, 0.2) is 5.11 Å². The maximum absolute atomic E-state index is 8.20. The van der Waals surface area contributed by atoms with Crippen molar-refractivity contribution in [2.45, 2.75) is 31.3 Å². The predicted molar refractivity (Wildman–Crippen MR) is 53.0 cm³/mol. The van der Waals surface area contributed by atoms with Crippen LogP contribution in [-0.2, 0) is 9.47 Å². The van der Waals surface area contributed by atoms with Crippen molar-refractivity contribution in [3.8, 4) is 0 Å². The minimum atomic E-state index is -0.207. The highest BCUT2D eigenvalue weighted by Crippen LogP contribution is 2.28. The van der Waals surface area contributed by atoms with Crippen LogP contribution < -0.4 is 0 Å². The van der Waals surface area contributed by atoms with Gasteiger partial charge in [-0.3, -0.25) is 0 Å². The molecule has 0 aliphatic carbocycles. The normalized spacial score (nSPS) is 26.9. The average Bonchev–Trinajstić information content (AvgIpc) is 2.20. The van der Waals surface area contributed by atoms with Gasteiger partial charge in [-0.1, -0.05) is 5.11 Å². The summed E-state index contributed by atoms with van der Waals surface area (Å²) in [6.07, 6.45) is 4.04. The molecule has 0 bridgehead atoms. The third-order valence-corrected chi connectivity index (χ3v) is 2.57. The van der Waals surface area contributed by atoms with Gasteiger partial charge in [-0.15, -0.1) is 0 Å². The van der Waals surface area contributed by atoms with Crippen molar-refractivity contribution in [2.24, 2.45) is 5.11 Å². The van der Waals surface area contributed by atoms with E-state index in [9.17, 15) is 0 Å². The molecule has 1 aliphatic rings. The first-order valence-electron chi connectivity index (χ1n) is 4.97. The zero-order valence-electron chi connectivity index (χ0n) is 8.61. The Morgan fingerprint density at radius 2 is 2.43 bits per heavy atom. The van der Waals surface area contributed by atoms with Crippen LogP contribution in [0.3, 0.4) is 0 Å². The molecule has 1 unspecified atom stereocenters. The molecule has 0 spiro atoms. The number of hydrogen-bond acceptors (Lipinski definition) is 3. The minimum absolute atomic E-state index is 0.207. The van der Waals surface area contributed by atoms with Gasteiger partial charge in [-0.25, -0.2) is 0 Å². The zero-order valence-corrected chi connectivity index (χ0v) is 8.61. The van der Waals surface area contributed by atoms with Gasteiger partial charge in [0.2, 0.25) is 0 Å². The Bertz CT molecular complexity index is 203. The fourth-order valence-corrected chi connectivity index (χ4v) is 1.85. The topological polar surface area (TPSA) is 67.2 Å². The summed E-state index contributed by atoms with van der Waals surface area (Å²) in [5.74, 6) is 0. The molecule has 1 atom stereocenters. The van der Waals surface area contributed by atoms with Crippen LogP contribution in [0.5, 0.6) is 0 Å². The largest absolute Gasteiger partial charge is 0.382 e. The van der Waals surface area contributed by atoms with E-state index in [1.165, 1.54) is 6.42 Å². The Balaban J connectivity index is 2.46. The van der Waals surface area contributed by atoms with E-state index in [0.29, 0.717) is 13.2 Å². The van der Waals surface area contributed by atoms with E-state index in [2.05, 4.69) is 10.0 Å². The number of ether oxygens (including phenoxy) is 2. The second-order valence-electron chi connectivity index (χ2n) is 3.63. The number of hydrogen-bond donors (Lipinski definition) is 0.